The summed E-state index contributed by atoms with van der Waals surface area (Å²) in [7, 11) is 28.1. The summed E-state index contributed by atoms with van der Waals surface area (Å²) >= 11 is 0. The minimum absolute atomic E-state index is 0.00993. The molecule has 15 heteroatoms. The lowest BCUT2D eigenvalue weighted by Crippen LogP contribution is -2.52. The Hall–Kier alpha value is -0.600. The fourth-order valence-corrected chi connectivity index (χ4v) is 10.5. The summed E-state index contributed by atoms with van der Waals surface area (Å²) in [4.78, 5) is 28.7. The van der Waals surface area contributed by atoms with Gasteiger partial charge in [0, 0.05) is 130 Å². The molecule has 3 saturated heterocycles. The van der Waals surface area contributed by atoms with Crippen LogP contribution >= 0.6 is 0 Å². The topological polar surface area (TPSA) is 69.4 Å². The average Bonchev–Trinajstić information content (AvgIpc) is 1.67. The standard InChI is InChI=1S/2C11H24N2.C10H24N2.C9H20N2.C9H22N2.C9H19N.C8H17NO.C8H19NO/c1-10(2,3)13(6)11(7-8-11)9-12(4)5;1-11(2,3)13(5)9-8-12(4)10-6-7-10;1-9(2)11(5)7-8-12(6)10(3)4;1-8(2)11-6-5-10(4)7-9(11)3;1-9(2)11(5)8-6-7-10(3)4;1-9(2,3)8-4-6-10-7-5-8;1-8(2,3)9-4-6-10-7-5-9;1-8(2,3)10-7-6-9(4)5/h7-9H2,1-6H3;10H,6-9H2,1-5H3;9-10H,7-8H2,1-6H3;8-9H,5-7H2,1-4H3;9H,6-8H2,1-5H3;8,10H,4-7H2,1-3H3;4-7H2,1-3H3;6-7H2,1-5H3. The summed E-state index contributed by atoms with van der Waals surface area (Å²) in [5.74, 6) is 0.939. The van der Waals surface area contributed by atoms with Gasteiger partial charge in [0.05, 0.1) is 25.4 Å². The van der Waals surface area contributed by atoms with Crippen LogP contribution in [0.25, 0.3) is 0 Å². The first-order valence-corrected chi connectivity index (χ1v) is 36.2. The van der Waals surface area contributed by atoms with E-state index in [1.54, 1.807) is 0 Å². The van der Waals surface area contributed by atoms with Gasteiger partial charge in [0.15, 0.2) is 0 Å². The average molecular weight is 1290 g/mol. The second kappa shape index (κ2) is 46.6. The van der Waals surface area contributed by atoms with Crippen molar-refractivity contribution in [3.63, 3.8) is 0 Å². The molecule has 5 rings (SSSR count). The van der Waals surface area contributed by atoms with Crippen LogP contribution in [-0.2, 0) is 9.47 Å². The summed E-state index contributed by atoms with van der Waals surface area (Å²) in [5, 5.41) is 3.39. The Labute approximate surface area is 567 Å². The molecule has 3 aliphatic heterocycles. The van der Waals surface area contributed by atoms with Gasteiger partial charge in [0.1, 0.15) is 0 Å². The van der Waals surface area contributed by atoms with Crippen LogP contribution in [0.1, 0.15) is 211 Å². The Morgan fingerprint density at radius 1 is 0.533 bits per heavy atom. The smallest absolute Gasteiger partial charge is 0.0600 e. The largest absolute Gasteiger partial charge is 0.379 e. The second-order valence-corrected chi connectivity index (χ2v) is 34.7. The van der Waals surface area contributed by atoms with Crippen molar-refractivity contribution in [2.45, 2.75) is 275 Å². The number of morpholine rings is 1. The quantitative estimate of drug-likeness (QED) is 0.119. The van der Waals surface area contributed by atoms with E-state index in [2.05, 4.69) is 308 Å². The first kappa shape index (κ1) is 93.6. The summed E-state index contributed by atoms with van der Waals surface area (Å²) in [5.41, 5.74) is 1.94. The lowest BCUT2D eigenvalue weighted by Gasteiger charge is -2.40. The lowest BCUT2D eigenvalue weighted by atomic mass is 9.76. The maximum atomic E-state index is 5.50. The van der Waals surface area contributed by atoms with Gasteiger partial charge >= 0.3 is 0 Å². The number of hydrogen-bond acceptors (Lipinski definition) is 15. The van der Waals surface area contributed by atoms with E-state index in [4.69, 9.17) is 9.47 Å². The van der Waals surface area contributed by atoms with Gasteiger partial charge in [-0.15, -0.1) is 0 Å². The van der Waals surface area contributed by atoms with Crippen molar-refractivity contribution < 1.29 is 9.47 Å². The molecule has 0 aromatic carbocycles. The molecule has 3 heterocycles. The maximum absolute atomic E-state index is 5.50. The number of piperazine rings is 1. The van der Waals surface area contributed by atoms with Crippen LogP contribution in [0.5, 0.6) is 0 Å². The molecule has 0 amide bonds. The zero-order valence-corrected chi connectivity index (χ0v) is 68.4. The van der Waals surface area contributed by atoms with Gasteiger partial charge in [-0.05, 0) is 319 Å². The molecule has 0 bridgehead atoms. The zero-order chi connectivity index (χ0) is 70.8. The summed E-state index contributed by atoms with van der Waals surface area (Å²) in [6.07, 6.45) is 9.54. The van der Waals surface area contributed by atoms with Crippen molar-refractivity contribution in [2.75, 3.05) is 210 Å². The van der Waals surface area contributed by atoms with Crippen LogP contribution in [0.2, 0.25) is 0 Å². The molecule has 5 fully saturated rings. The van der Waals surface area contributed by atoms with E-state index >= 15 is 0 Å². The van der Waals surface area contributed by atoms with Crippen LogP contribution in [0.3, 0.4) is 0 Å². The number of piperidine rings is 1. The number of ether oxygens (including phenoxy) is 2. The normalized spacial score (nSPS) is 19.1. The fourth-order valence-electron chi connectivity index (χ4n) is 10.5. The summed E-state index contributed by atoms with van der Waals surface area (Å²) in [6, 6.07) is 4.33. The molecule has 90 heavy (non-hydrogen) atoms. The molecular formula is C75H169N13O2. The minimum Gasteiger partial charge on any atom is -0.379 e. The molecule has 5 aliphatic rings. The molecule has 0 spiro atoms. The SMILES string of the molecule is CC(C)(C)C1CCNCC1.CC(C)(C)N1CCOCC1.CC(C)N(C)CCCN(C)C.CC(C)N(C)CCN(C)C(C)C.CC(C)N1CCN(C)CC1C.CN(C)CC1(N(C)C(C)(C)C)CC1.CN(C)CCOC(C)(C)C.CN(CCN(C)C(C)(C)C)C1CC1. The first-order valence-electron chi connectivity index (χ1n) is 36.2. The van der Waals surface area contributed by atoms with Gasteiger partial charge in [-0.3, -0.25) is 14.7 Å². The number of likely N-dealkylation sites (N-methyl/N-ethyl adjacent to an activating group) is 8. The van der Waals surface area contributed by atoms with E-state index in [0.717, 1.165) is 70.5 Å². The predicted octanol–water partition coefficient (Wildman–Crippen LogP) is 12.1. The van der Waals surface area contributed by atoms with Crippen molar-refractivity contribution in [3.05, 3.63) is 0 Å². The van der Waals surface area contributed by atoms with Gasteiger partial charge in [-0.25, -0.2) is 0 Å². The number of rotatable bonds is 21. The van der Waals surface area contributed by atoms with Crippen LogP contribution in [0.15, 0.2) is 0 Å². The van der Waals surface area contributed by atoms with Gasteiger partial charge in [0.2, 0.25) is 0 Å². The van der Waals surface area contributed by atoms with Crippen molar-refractivity contribution in [1.29, 1.82) is 0 Å². The Balaban J connectivity index is -0.000000963. The van der Waals surface area contributed by atoms with Crippen LogP contribution in [0, 0.1) is 11.3 Å². The molecule has 15 nitrogen and oxygen atoms in total. The highest BCUT2D eigenvalue weighted by molar-refractivity contribution is 5.07. The van der Waals surface area contributed by atoms with Crippen molar-refractivity contribution in [2.24, 2.45) is 11.3 Å². The van der Waals surface area contributed by atoms with Crippen molar-refractivity contribution in [1.82, 2.24) is 64.1 Å². The highest BCUT2D eigenvalue weighted by Crippen LogP contribution is 2.44. The molecule has 1 unspecified atom stereocenters. The van der Waals surface area contributed by atoms with Gasteiger partial charge in [-0.2, -0.15) is 0 Å². The zero-order valence-electron chi connectivity index (χ0n) is 68.4. The third-order valence-electron chi connectivity index (χ3n) is 19.0. The van der Waals surface area contributed by atoms with E-state index in [9.17, 15) is 0 Å². The summed E-state index contributed by atoms with van der Waals surface area (Å²) in [6.45, 7) is 74.2. The highest BCUT2D eigenvalue weighted by atomic mass is 16.5. The third-order valence-corrected chi connectivity index (χ3v) is 19.0. The van der Waals surface area contributed by atoms with E-state index < -0.39 is 0 Å². The molecule has 546 valence electrons. The molecule has 1 N–H and O–H groups in total. The molecule has 0 aromatic heterocycles. The number of hydrogen-bond donors (Lipinski definition) is 1. The Morgan fingerprint density at radius 3 is 1.30 bits per heavy atom. The molecule has 1 atom stereocenters. The third kappa shape index (κ3) is 49.9. The Morgan fingerprint density at radius 2 is 0.989 bits per heavy atom. The van der Waals surface area contributed by atoms with E-state index in [-0.39, 0.29) is 5.60 Å². The van der Waals surface area contributed by atoms with Crippen LogP contribution in [0.4, 0.5) is 0 Å². The van der Waals surface area contributed by atoms with Crippen molar-refractivity contribution >= 4 is 0 Å². The first-order chi connectivity index (χ1) is 40.9. The number of nitrogens with one attached hydrogen (secondary N) is 1. The van der Waals surface area contributed by atoms with Gasteiger partial charge in [0.25, 0.3) is 0 Å². The minimum atomic E-state index is 0.00993. The molecule has 2 aliphatic carbocycles. The molecular weight excluding hydrogens is 1110 g/mol. The fraction of sp³-hybridized carbons (Fsp3) is 1.00. The maximum Gasteiger partial charge on any atom is 0.0600 e. The molecule has 2 saturated carbocycles. The summed E-state index contributed by atoms with van der Waals surface area (Å²) < 4.78 is 10.8. The molecule has 0 aromatic rings. The van der Waals surface area contributed by atoms with E-state index in [1.165, 1.54) is 110 Å². The lowest BCUT2D eigenvalue weighted by molar-refractivity contribution is -0.00871. The monoisotopic (exact) mass is 1280 g/mol. The van der Waals surface area contributed by atoms with Crippen molar-refractivity contribution in [3.8, 4) is 0 Å². The van der Waals surface area contributed by atoms with Gasteiger partial charge < -0.3 is 58.9 Å². The van der Waals surface area contributed by atoms with Crippen LogP contribution in [-0.4, -0.2) is 332 Å². The van der Waals surface area contributed by atoms with E-state index in [1.807, 2.05) is 14.1 Å². The van der Waals surface area contributed by atoms with Gasteiger partial charge in [-0.1, -0.05) is 20.8 Å². The second-order valence-electron chi connectivity index (χ2n) is 34.7. The molecule has 0 radical (unpaired) electrons. The Bertz CT molecular complexity index is 1620. The Kier molecular flexibility index (Phi) is 48.4. The van der Waals surface area contributed by atoms with Crippen LogP contribution < -0.4 is 5.32 Å². The van der Waals surface area contributed by atoms with E-state index in [0.29, 0.717) is 51.7 Å². The highest BCUT2D eigenvalue weighted by Gasteiger charge is 2.49. The number of nitrogens with zero attached hydrogens (tertiary/aromatic N) is 12. The predicted molar refractivity (Wildman–Crippen MR) is 403 cm³/mol.